The molecule has 4 heterocycles. The van der Waals surface area contributed by atoms with E-state index in [4.69, 9.17) is 4.74 Å². The third-order valence-electron chi connectivity index (χ3n) is 5.96. The second kappa shape index (κ2) is 6.81. The molecule has 3 saturated heterocycles. The first-order chi connectivity index (χ1) is 12.1. The number of aliphatic carboxylic acids is 1. The molecule has 25 heavy (non-hydrogen) atoms. The first-order valence-electron chi connectivity index (χ1n) is 9.25. The number of aryl methyl sites for hydroxylation is 1. The van der Waals surface area contributed by atoms with Crippen molar-refractivity contribution in [3.05, 3.63) is 5.01 Å². The van der Waals surface area contributed by atoms with Crippen molar-refractivity contribution in [1.29, 1.82) is 0 Å². The molecule has 1 aromatic heterocycles. The zero-order valence-corrected chi connectivity index (χ0v) is 15.5. The number of carboxylic acid groups (broad SMARTS) is 1. The Morgan fingerprint density at radius 3 is 2.80 bits per heavy atom. The van der Waals surface area contributed by atoms with Crippen molar-refractivity contribution in [3.8, 4) is 0 Å². The van der Waals surface area contributed by atoms with E-state index in [1.165, 1.54) is 0 Å². The van der Waals surface area contributed by atoms with E-state index in [9.17, 15) is 9.90 Å². The Labute approximate surface area is 152 Å². The molecule has 8 heteroatoms. The van der Waals surface area contributed by atoms with Crippen LogP contribution in [-0.2, 0) is 16.0 Å². The van der Waals surface area contributed by atoms with E-state index in [0.29, 0.717) is 19.1 Å². The molecule has 3 aliphatic rings. The molecule has 0 aliphatic carbocycles. The van der Waals surface area contributed by atoms with E-state index < -0.39 is 11.4 Å². The number of hydrogen-bond acceptors (Lipinski definition) is 7. The Morgan fingerprint density at radius 1 is 1.32 bits per heavy atom. The molecular formula is C17H26N4O3S. The van der Waals surface area contributed by atoms with E-state index in [2.05, 4.69) is 26.9 Å². The SMILES string of the molecule is CCCc1nnc(N2C[C@H]3CN(C4CCOCC4)C[C@@]3(C(=O)O)C2)s1. The van der Waals surface area contributed by atoms with Gasteiger partial charge in [0.1, 0.15) is 10.4 Å². The summed E-state index contributed by atoms with van der Waals surface area (Å²) in [5.74, 6) is -0.501. The fourth-order valence-corrected chi connectivity index (χ4v) is 5.52. The molecule has 4 rings (SSSR count). The fraction of sp³-hybridized carbons (Fsp3) is 0.824. The standard InChI is InChI=1S/C17H26N4O3S/c1-2-3-14-18-19-16(25-14)21-9-12-8-20(13-4-6-24-7-5-13)10-17(12,11-21)15(22)23/h12-13H,2-11H2,1H3,(H,22,23)/t12-,17-/m1/s1. The number of ether oxygens (including phenoxy) is 1. The number of nitrogens with zero attached hydrogens (tertiary/aromatic N) is 4. The highest BCUT2D eigenvalue weighted by molar-refractivity contribution is 7.15. The summed E-state index contributed by atoms with van der Waals surface area (Å²) in [5, 5.41) is 20.5. The lowest BCUT2D eigenvalue weighted by Gasteiger charge is -2.33. The quantitative estimate of drug-likeness (QED) is 0.846. The average molecular weight is 366 g/mol. The molecule has 138 valence electrons. The molecular weight excluding hydrogens is 340 g/mol. The first-order valence-corrected chi connectivity index (χ1v) is 10.1. The van der Waals surface area contributed by atoms with Gasteiger partial charge in [-0.05, 0) is 19.3 Å². The number of hydrogen-bond donors (Lipinski definition) is 1. The van der Waals surface area contributed by atoms with E-state index in [1.54, 1.807) is 11.3 Å². The lowest BCUT2D eigenvalue weighted by molar-refractivity contribution is -0.148. The van der Waals surface area contributed by atoms with Crippen molar-refractivity contribution in [2.24, 2.45) is 11.3 Å². The van der Waals surface area contributed by atoms with Crippen molar-refractivity contribution >= 4 is 22.4 Å². The van der Waals surface area contributed by atoms with Crippen LogP contribution in [0.4, 0.5) is 5.13 Å². The number of carbonyl (C=O) groups is 1. The summed E-state index contributed by atoms with van der Waals surface area (Å²) >= 11 is 1.61. The maximum atomic E-state index is 12.2. The summed E-state index contributed by atoms with van der Waals surface area (Å²) < 4.78 is 5.46. The largest absolute Gasteiger partial charge is 0.481 e. The van der Waals surface area contributed by atoms with Crippen LogP contribution in [0.15, 0.2) is 0 Å². The van der Waals surface area contributed by atoms with Gasteiger partial charge in [-0.1, -0.05) is 18.3 Å². The van der Waals surface area contributed by atoms with Crippen LogP contribution in [0.1, 0.15) is 31.2 Å². The molecule has 0 bridgehead atoms. The molecule has 1 N–H and O–H groups in total. The number of aromatic nitrogens is 2. The van der Waals surface area contributed by atoms with Gasteiger partial charge in [-0.2, -0.15) is 0 Å². The summed E-state index contributed by atoms with van der Waals surface area (Å²) in [6, 6.07) is 0.474. The van der Waals surface area contributed by atoms with Gasteiger partial charge in [-0.25, -0.2) is 0 Å². The second-order valence-corrected chi connectivity index (χ2v) is 8.58. The number of fused-ring (bicyclic) bond motifs is 1. The third-order valence-corrected chi connectivity index (χ3v) is 7.00. The minimum Gasteiger partial charge on any atom is -0.481 e. The Hall–Kier alpha value is -1.25. The lowest BCUT2D eigenvalue weighted by Crippen LogP contribution is -2.44. The summed E-state index contributed by atoms with van der Waals surface area (Å²) in [7, 11) is 0. The van der Waals surface area contributed by atoms with Gasteiger partial charge in [0, 0.05) is 57.8 Å². The monoisotopic (exact) mass is 366 g/mol. The topological polar surface area (TPSA) is 78.8 Å². The van der Waals surface area contributed by atoms with Gasteiger partial charge >= 0.3 is 5.97 Å². The molecule has 0 amide bonds. The zero-order valence-electron chi connectivity index (χ0n) is 14.7. The van der Waals surface area contributed by atoms with E-state index in [-0.39, 0.29) is 5.92 Å². The Kier molecular flexibility index (Phi) is 4.68. The minimum absolute atomic E-state index is 0.159. The number of likely N-dealkylation sites (tertiary alicyclic amines) is 1. The summed E-state index contributed by atoms with van der Waals surface area (Å²) in [6.07, 6.45) is 4.03. The highest BCUT2D eigenvalue weighted by Crippen LogP contribution is 2.46. The van der Waals surface area contributed by atoms with Crippen molar-refractivity contribution in [2.45, 2.75) is 38.6 Å². The van der Waals surface area contributed by atoms with Crippen molar-refractivity contribution < 1.29 is 14.6 Å². The molecule has 2 atom stereocenters. The van der Waals surface area contributed by atoms with Gasteiger partial charge in [0.2, 0.25) is 5.13 Å². The minimum atomic E-state index is -0.672. The summed E-state index contributed by atoms with van der Waals surface area (Å²) in [4.78, 5) is 16.8. The molecule has 0 unspecified atom stereocenters. The van der Waals surface area contributed by atoms with Gasteiger partial charge < -0.3 is 14.7 Å². The highest BCUT2D eigenvalue weighted by atomic mass is 32.1. The smallest absolute Gasteiger partial charge is 0.313 e. The molecule has 3 fully saturated rings. The van der Waals surface area contributed by atoms with Crippen LogP contribution in [0, 0.1) is 11.3 Å². The first kappa shape index (κ1) is 17.2. The van der Waals surface area contributed by atoms with Crippen LogP contribution < -0.4 is 4.90 Å². The molecule has 0 saturated carbocycles. The van der Waals surface area contributed by atoms with Crippen LogP contribution in [0.2, 0.25) is 0 Å². The average Bonchev–Trinajstić information content (AvgIpc) is 3.28. The van der Waals surface area contributed by atoms with Crippen LogP contribution in [0.25, 0.3) is 0 Å². The Morgan fingerprint density at radius 2 is 2.12 bits per heavy atom. The molecule has 3 aliphatic heterocycles. The molecule has 1 aromatic rings. The maximum Gasteiger partial charge on any atom is 0.313 e. The molecule has 0 aromatic carbocycles. The Bertz CT molecular complexity index is 633. The number of anilines is 1. The lowest BCUT2D eigenvalue weighted by atomic mass is 9.81. The maximum absolute atomic E-state index is 12.2. The fourth-order valence-electron chi connectivity index (χ4n) is 4.57. The van der Waals surface area contributed by atoms with Crippen LogP contribution in [-0.4, -0.2) is 71.6 Å². The molecule has 7 nitrogen and oxygen atoms in total. The van der Waals surface area contributed by atoms with E-state index in [1.807, 2.05) is 0 Å². The van der Waals surface area contributed by atoms with Gasteiger partial charge in [-0.3, -0.25) is 9.69 Å². The Balaban J connectivity index is 1.49. The van der Waals surface area contributed by atoms with Crippen LogP contribution >= 0.6 is 11.3 Å². The normalized spacial score (nSPS) is 30.8. The van der Waals surface area contributed by atoms with Crippen molar-refractivity contribution in [3.63, 3.8) is 0 Å². The number of rotatable bonds is 5. The van der Waals surface area contributed by atoms with E-state index in [0.717, 1.165) is 62.1 Å². The summed E-state index contributed by atoms with van der Waals surface area (Å²) in [6.45, 7) is 6.56. The van der Waals surface area contributed by atoms with Gasteiger partial charge in [0.25, 0.3) is 0 Å². The number of carboxylic acids is 1. The second-order valence-electron chi connectivity index (χ2n) is 7.54. The highest BCUT2D eigenvalue weighted by Gasteiger charge is 2.58. The van der Waals surface area contributed by atoms with Crippen molar-refractivity contribution in [2.75, 3.05) is 44.3 Å². The van der Waals surface area contributed by atoms with Crippen molar-refractivity contribution in [1.82, 2.24) is 15.1 Å². The molecule has 0 radical (unpaired) electrons. The van der Waals surface area contributed by atoms with Gasteiger partial charge in [-0.15, -0.1) is 10.2 Å². The van der Waals surface area contributed by atoms with Crippen LogP contribution in [0.3, 0.4) is 0 Å². The predicted molar refractivity (Wildman–Crippen MR) is 95.1 cm³/mol. The van der Waals surface area contributed by atoms with Crippen LogP contribution in [0.5, 0.6) is 0 Å². The van der Waals surface area contributed by atoms with Gasteiger partial charge in [0.15, 0.2) is 0 Å². The van der Waals surface area contributed by atoms with Gasteiger partial charge in [0.05, 0.1) is 0 Å². The molecule has 0 spiro atoms. The third kappa shape index (κ3) is 3.04. The zero-order chi connectivity index (χ0) is 17.4. The summed E-state index contributed by atoms with van der Waals surface area (Å²) in [5.41, 5.74) is -0.672. The van der Waals surface area contributed by atoms with E-state index >= 15 is 0 Å². The predicted octanol–water partition coefficient (Wildman–Crippen LogP) is 1.49.